The number of amides is 2. The zero-order valence-electron chi connectivity index (χ0n) is 17.5. The average molecular weight is 451 g/mol. The van der Waals surface area contributed by atoms with Gasteiger partial charge >= 0.3 is 12.0 Å². The summed E-state index contributed by atoms with van der Waals surface area (Å²) in [5.74, 6) is -0.173. The molecule has 2 amide bonds. The van der Waals surface area contributed by atoms with Crippen LogP contribution in [0.3, 0.4) is 0 Å². The number of carbonyl (C=O) groups excluding carboxylic acids is 2. The Bertz CT molecular complexity index is 1060. The number of carbonyl (C=O) groups is 2. The van der Waals surface area contributed by atoms with Gasteiger partial charge in [-0.2, -0.15) is 0 Å². The number of thioether (sulfide) groups is 1. The van der Waals surface area contributed by atoms with Crippen LogP contribution in [0.25, 0.3) is 10.2 Å². The summed E-state index contributed by atoms with van der Waals surface area (Å²) in [6.45, 7) is 8.33. The Morgan fingerprint density at radius 1 is 1.33 bits per heavy atom. The summed E-state index contributed by atoms with van der Waals surface area (Å²) in [7, 11) is 0. The van der Waals surface area contributed by atoms with Gasteiger partial charge in [0.05, 0.1) is 23.6 Å². The molecule has 8 nitrogen and oxygen atoms in total. The molecule has 0 radical (unpaired) electrons. The summed E-state index contributed by atoms with van der Waals surface area (Å²) in [5, 5.41) is 6.62. The lowest BCUT2D eigenvalue weighted by molar-refractivity contribution is -0.138. The van der Waals surface area contributed by atoms with Crippen molar-refractivity contribution in [3.05, 3.63) is 32.6 Å². The van der Waals surface area contributed by atoms with Crippen LogP contribution in [0.5, 0.6) is 0 Å². The van der Waals surface area contributed by atoms with Gasteiger partial charge in [0.1, 0.15) is 4.83 Å². The number of ether oxygens (including phenoxy) is 1. The predicted octanol–water partition coefficient (Wildman–Crippen LogP) is 3.04. The highest BCUT2D eigenvalue weighted by Gasteiger charge is 2.30. The molecule has 30 heavy (non-hydrogen) atoms. The molecule has 3 rings (SSSR count). The minimum Gasteiger partial charge on any atom is -0.463 e. The topological polar surface area (TPSA) is 102 Å². The molecule has 3 heterocycles. The van der Waals surface area contributed by atoms with Crippen LogP contribution in [-0.4, -0.2) is 40.0 Å². The predicted molar refractivity (Wildman–Crippen MR) is 119 cm³/mol. The van der Waals surface area contributed by atoms with Crippen LogP contribution in [0.1, 0.15) is 39.0 Å². The van der Waals surface area contributed by atoms with E-state index in [0.29, 0.717) is 38.9 Å². The number of aromatic nitrogens is 2. The normalized spacial score (nSPS) is 16.5. The Kier molecular flexibility index (Phi) is 7.19. The second-order valence-corrected chi connectivity index (χ2v) is 8.92. The van der Waals surface area contributed by atoms with E-state index in [2.05, 4.69) is 17.6 Å². The molecule has 0 bridgehead atoms. The largest absolute Gasteiger partial charge is 0.463 e. The number of hydrogen-bond donors (Lipinski definition) is 2. The van der Waals surface area contributed by atoms with Crippen molar-refractivity contribution in [2.75, 3.05) is 12.4 Å². The minimum atomic E-state index is -0.467. The zero-order chi connectivity index (χ0) is 21.8. The van der Waals surface area contributed by atoms with E-state index >= 15 is 0 Å². The second-order valence-electron chi connectivity index (χ2n) is 6.86. The molecular weight excluding hydrogens is 424 g/mol. The van der Waals surface area contributed by atoms with E-state index < -0.39 is 12.0 Å². The molecule has 2 aromatic heterocycles. The van der Waals surface area contributed by atoms with Crippen molar-refractivity contribution >= 4 is 45.3 Å². The summed E-state index contributed by atoms with van der Waals surface area (Å²) >= 11 is 2.86. The van der Waals surface area contributed by atoms with Gasteiger partial charge in [0, 0.05) is 22.9 Å². The number of rotatable bonds is 8. The molecule has 1 aliphatic heterocycles. The van der Waals surface area contributed by atoms with Crippen molar-refractivity contribution in [1.82, 2.24) is 20.2 Å². The van der Waals surface area contributed by atoms with Gasteiger partial charge in [-0.3, -0.25) is 9.36 Å². The van der Waals surface area contributed by atoms with Gasteiger partial charge in [-0.15, -0.1) is 11.3 Å². The van der Waals surface area contributed by atoms with Crippen LogP contribution < -0.4 is 16.2 Å². The highest BCUT2D eigenvalue weighted by Crippen LogP contribution is 2.27. The van der Waals surface area contributed by atoms with Crippen molar-refractivity contribution in [3.63, 3.8) is 0 Å². The summed E-state index contributed by atoms with van der Waals surface area (Å²) in [4.78, 5) is 44.0. The summed E-state index contributed by atoms with van der Waals surface area (Å²) < 4.78 is 6.83. The number of hydrogen-bond acceptors (Lipinski definition) is 7. The fraction of sp³-hybridized carbons (Fsp3) is 0.500. The Morgan fingerprint density at radius 3 is 2.77 bits per heavy atom. The lowest BCUT2D eigenvalue weighted by atomic mass is 10.1. The molecule has 0 saturated heterocycles. The van der Waals surface area contributed by atoms with Crippen LogP contribution in [-0.2, 0) is 22.5 Å². The van der Waals surface area contributed by atoms with E-state index in [0.717, 1.165) is 17.7 Å². The van der Waals surface area contributed by atoms with Crippen LogP contribution in [0, 0.1) is 0 Å². The quantitative estimate of drug-likeness (QED) is 0.364. The molecule has 0 aliphatic carbocycles. The first-order valence-corrected chi connectivity index (χ1v) is 11.8. The number of urea groups is 1. The molecule has 2 N–H and O–H groups in total. The molecule has 162 valence electrons. The lowest BCUT2D eigenvalue weighted by Gasteiger charge is -2.26. The highest BCUT2D eigenvalue weighted by molar-refractivity contribution is 7.99. The Labute approximate surface area is 183 Å². The van der Waals surface area contributed by atoms with Gasteiger partial charge in [0.2, 0.25) is 0 Å². The summed E-state index contributed by atoms with van der Waals surface area (Å²) in [6.07, 6.45) is 1.64. The van der Waals surface area contributed by atoms with Crippen LogP contribution in [0.4, 0.5) is 4.79 Å². The monoisotopic (exact) mass is 450 g/mol. The second kappa shape index (κ2) is 9.65. The molecule has 0 spiro atoms. The molecule has 0 saturated carbocycles. The maximum Gasteiger partial charge on any atom is 0.337 e. The van der Waals surface area contributed by atoms with Gasteiger partial charge < -0.3 is 15.4 Å². The van der Waals surface area contributed by atoms with Crippen molar-refractivity contribution in [3.8, 4) is 0 Å². The molecule has 1 aliphatic rings. The van der Waals surface area contributed by atoms with E-state index in [4.69, 9.17) is 9.72 Å². The fourth-order valence-electron chi connectivity index (χ4n) is 3.28. The number of fused-ring (bicyclic) bond motifs is 1. The molecule has 1 atom stereocenters. The molecule has 0 unspecified atom stereocenters. The van der Waals surface area contributed by atoms with Crippen molar-refractivity contribution < 1.29 is 14.3 Å². The van der Waals surface area contributed by atoms with Crippen molar-refractivity contribution in [2.45, 2.75) is 58.3 Å². The molecule has 10 heteroatoms. The third-order valence-corrected chi connectivity index (χ3v) is 6.85. The minimum absolute atomic E-state index is 0.0531. The van der Waals surface area contributed by atoms with Gasteiger partial charge in [-0.05, 0) is 32.8 Å². The van der Waals surface area contributed by atoms with E-state index in [-0.39, 0.29) is 18.2 Å². The average Bonchev–Trinajstić information content (AvgIpc) is 3.12. The Morgan fingerprint density at radius 2 is 2.10 bits per heavy atom. The summed E-state index contributed by atoms with van der Waals surface area (Å²) in [5.41, 5.74) is 0.814. The van der Waals surface area contributed by atoms with E-state index in [1.54, 1.807) is 18.4 Å². The first-order chi connectivity index (χ1) is 14.4. The Hall–Kier alpha value is -2.33. The third-order valence-electron chi connectivity index (χ3n) is 4.67. The first kappa shape index (κ1) is 22.4. The van der Waals surface area contributed by atoms with Crippen LogP contribution >= 0.6 is 23.1 Å². The standard InChI is InChI=1S/C20H26N4O4S2/c1-5-8-24-17(25)13-9-12(6-2)30-16(13)23-20(24)29-10-14-15(18(26)28-7-3)11(4)21-19(27)22-14/h9,11H,5-8,10H2,1-4H3,(H2,21,22,27)/t11-/m0/s1. The van der Waals surface area contributed by atoms with E-state index in [1.807, 2.05) is 13.0 Å². The van der Waals surface area contributed by atoms with Crippen LogP contribution in [0.2, 0.25) is 0 Å². The summed E-state index contributed by atoms with van der Waals surface area (Å²) in [6, 6.07) is 1.09. The third kappa shape index (κ3) is 4.54. The maximum absolute atomic E-state index is 13.0. The van der Waals surface area contributed by atoms with Gasteiger partial charge in [0.15, 0.2) is 5.16 Å². The maximum atomic E-state index is 13.0. The van der Waals surface area contributed by atoms with Crippen molar-refractivity contribution in [1.29, 1.82) is 0 Å². The highest BCUT2D eigenvalue weighted by atomic mass is 32.2. The zero-order valence-corrected chi connectivity index (χ0v) is 19.2. The SMILES string of the molecule is CCCn1c(SCC2=C(C(=O)OCC)[C@H](C)NC(=O)N2)nc2sc(CC)cc2c1=O. The first-order valence-electron chi connectivity index (χ1n) is 10.0. The Balaban J connectivity index is 1.98. The van der Waals surface area contributed by atoms with E-state index in [9.17, 15) is 14.4 Å². The fourth-order valence-corrected chi connectivity index (χ4v) is 5.28. The number of nitrogens with zero attached hydrogens (tertiary/aromatic N) is 2. The van der Waals surface area contributed by atoms with Crippen molar-refractivity contribution in [2.24, 2.45) is 0 Å². The van der Waals surface area contributed by atoms with E-state index in [1.165, 1.54) is 23.1 Å². The number of aryl methyl sites for hydroxylation is 1. The smallest absolute Gasteiger partial charge is 0.337 e. The number of thiophene rings is 1. The van der Waals surface area contributed by atoms with Gasteiger partial charge in [-0.25, -0.2) is 14.6 Å². The lowest BCUT2D eigenvalue weighted by Crippen LogP contribution is -2.49. The number of esters is 1. The van der Waals surface area contributed by atoms with Crippen LogP contribution in [0.15, 0.2) is 27.3 Å². The van der Waals surface area contributed by atoms with Gasteiger partial charge in [-0.1, -0.05) is 25.6 Å². The molecule has 0 aromatic carbocycles. The molecular formula is C20H26N4O4S2. The van der Waals surface area contributed by atoms with Gasteiger partial charge in [0.25, 0.3) is 5.56 Å². The molecule has 2 aromatic rings. The number of nitrogens with one attached hydrogen (secondary N) is 2. The molecule has 0 fully saturated rings.